The minimum Gasteiger partial charge on any atom is -0.349 e. The number of nitrogens with one attached hydrogen (secondary N) is 1. The van der Waals surface area contributed by atoms with Crippen molar-refractivity contribution in [1.29, 1.82) is 0 Å². The van der Waals surface area contributed by atoms with E-state index in [0.717, 1.165) is 19.0 Å². The summed E-state index contributed by atoms with van der Waals surface area (Å²) in [5, 5.41) is 3.21. The molecule has 0 aromatic heterocycles. The Labute approximate surface area is 118 Å². The van der Waals surface area contributed by atoms with E-state index in [-0.39, 0.29) is 11.7 Å². The van der Waals surface area contributed by atoms with Gasteiger partial charge in [0.05, 0.1) is 0 Å². The first-order chi connectivity index (χ1) is 9.69. The van der Waals surface area contributed by atoms with Crippen molar-refractivity contribution in [3.05, 3.63) is 35.6 Å². The van der Waals surface area contributed by atoms with Crippen molar-refractivity contribution in [2.45, 2.75) is 18.9 Å². The molecule has 106 valence electrons. The van der Waals surface area contributed by atoms with Gasteiger partial charge >= 0.3 is 0 Å². The zero-order valence-electron chi connectivity index (χ0n) is 11.4. The third-order valence-electron chi connectivity index (χ3n) is 5.19. The van der Waals surface area contributed by atoms with E-state index in [1.54, 1.807) is 12.1 Å². The molecule has 4 fully saturated rings. The number of hydrogen-bond acceptors (Lipinski definition) is 2. The summed E-state index contributed by atoms with van der Waals surface area (Å²) in [6.07, 6.45) is 2.50. The largest absolute Gasteiger partial charge is 0.349 e. The molecule has 1 saturated carbocycles. The van der Waals surface area contributed by atoms with Gasteiger partial charge in [0.25, 0.3) is 5.91 Å². The lowest BCUT2D eigenvalue weighted by Gasteiger charge is -2.55. The highest BCUT2D eigenvalue weighted by molar-refractivity contribution is 5.94. The van der Waals surface area contributed by atoms with Crippen molar-refractivity contribution in [2.24, 2.45) is 17.8 Å². The van der Waals surface area contributed by atoms with Crippen LogP contribution in [0.3, 0.4) is 0 Å². The van der Waals surface area contributed by atoms with Crippen LogP contribution in [-0.2, 0) is 0 Å². The molecular formula is C16H19FN2O. The number of halogens is 1. The molecule has 2 unspecified atom stereocenters. The number of piperidine rings is 3. The summed E-state index contributed by atoms with van der Waals surface area (Å²) >= 11 is 0. The average molecular weight is 274 g/mol. The van der Waals surface area contributed by atoms with Crippen LogP contribution in [0.2, 0.25) is 0 Å². The Morgan fingerprint density at radius 2 is 1.75 bits per heavy atom. The highest BCUT2D eigenvalue weighted by Crippen LogP contribution is 2.43. The fourth-order valence-corrected chi connectivity index (χ4v) is 4.48. The second-order valence-electron chi connectivity index (χ2n) is 6.58. The first-order valence-corrected chi connectivity index (χ1v) is 7.48. The minimum atomic E-state index is -0.302. The number of hydrogen-bond donors (Lipinski definition) is 1. The van der Waals surface area contributed by atoms with Crippen LogP contribution in [0, 0.1) is 23.6 Å². The molecule has 20 heavy (non-hydrogen) atoms. The van der Waals surface area contributed by atoms with Crippen LogP contribution in [0.5, 0.6) is 0 Å². The molecule has 1 aromatic carbocycles. The Morgan fingerprint density at radius 1 is 1.10 bits per heavy atom. The maximum absolute atomic E-state index is 12.9. The highest BCUT2D eigenvalue weighted by atomic mass is 19.1. The van der Waals surface area contributed by atoms with Crippen molar-refractivity contribution in [3.8, 4) is 0 Å². The van der Waals surface area contributed by atoms with Crippen molar-refractivity contribution in [3.63, 3.8) is 0 Å². The van der Waals surface area contributed by atoms with Crippen molar-refractivity contribution >= 4 is 5.91 Å². The highest BCUT2D eigenvalue weighted by Gasteiger charge is 2.47. The zero-order valence-corrected chi connectivity index (χ0v) is 11.4. The maximum Gasteiger partial charge on any atom is 0.251 e. The van der Waals surface area contributed by atoms with E-state index < -0.39 is 0 Å². The lowest BCUT2D eigenvalue weighted by Crippen LogP contribution is -2.64. The van der Waals surface area contributed by atoms with Gasteiger partial charge in [-0.15, -0.1) is 0 Å². The number of carbonyl (C=O) groups is 1. The fraction of sp³-hybridized carbons (Fsp3) is 0.562. The molecule has 5 rings (SSSR count). The Kier molecular flexibility index (Phi) is 2.81. The van der Waals surface area contributed by atoms with Gasteiger partial charge in [-0.3, -0.25) is 4.79 Å². The van der Waals surface area contributed by atoms with Crippen molar-refractivity contribution < 1.29 is 9.18 Å². The van der Waals surface area contributed by atoms with E-state index >= 15 is 0 Å². The summed E-state index contributed by atoms with van der Waals surface area (Å²) in [5.74, 6) is 1.68. The molecule has 3 aliphatic heterocycles. The molecule has 4 aliphatic rings. The van der Waals surface area contributed by atoms with E-state index in [1.165, 1.54) is 31.5 Å². The molecule has 2 atom stereocenters. The summed E-state index contributed by atoms with van der Waals surface area (Å²) in [6.45, 7) is 3.51. The van der Waals surface area contributed by atoms with Gasteiger partial charge in [-0.25, -0.2) is 4.39 Å². The predicted octanol–water partition coefficient (Wildman–Crippen LogP) is 1.90. The molecule has 3 heterocycles. The zero-order chi connectivity index (χ0) is 13.7. The Bertz CT molecular complexity index is 500. The summed E-state index contributed by atoms with van der Waals surface area (Å²) in [7, 11) is 0. The van der Waals surface area contributed by atoms with Gasteiger partial charge < -0.3 is 10.2 Å². The second kappa shape index (κ2) is 4.55. The first-order valence-electron chi connectivity index (χ1n) is 7.48. The number of benzene rings is 1. The van der Waals surface area contributed by atoms with Gasteiger partial charge in [-0.1, -0.05) is 0 Å². The SMILES string of the molecule is O=C(NC1C2CC3CC1CN(C3)C2)c1ccc(F)cc1. The Hall–Kier alpha value is -1.42. The number of rotatable bonds is 2. The summed E-state index contributed by atoms with van der Waals surface area (Å²) < 4.78 is 12.9. The third-order valence-corrected chi connectivity index (χ3v) is 5.19. The smallest absolute Gasteiger partial charge is 0.251 e. The molecule has 4 bridgehead atoms. The van der Waals surface area contributed by atoms with Crippen LogP contribution in [0.4, 0.5) is 4.39 Å². The molecule has 1 amide bonds. The first kappa shape index (κ1) is 12.3. The fourth-order valence-electron chi connectivity index (χ4n) is 4.48. The normalized spacial score (nSPS) is 38.0. The van der Waals surface area contributed by atoms with E-state index in [1.807, 2.05) is 0 Å². The number of amides is 1. The van der Waals surface area contributed by atoms with Crippen LogP contribution in [0.15, 0.2) is 24.3 Å². The van der Waals surface area contributed by atoms with Crippen molar-refractivity contribution in [2.75, 3.05) is 19.6 Å². The molecule has 0 radical (unpaired) electrons. The lowest BCUT2D eigenvalue weighted by molar-refractivity contribution is -0.0418. The topological polar surface area (TPSA) is 32.3 Å². The Balaban J connectivity index is 1.49. The maximum atomic E-state index is 12.9. The van der Waals surface area contributed by atoms with Gasteiger partial charge in [-0.2, -0.15) is 0 Å². The minimum absolute atomic E-state index is 0.0579. The molecule has 0 spiro atoms. The van der Waals surface area contributed by atoms with Gasteiger partial charge in [0, 0.05) is 31.2 Å². The lowest BCUT2D eigenvalue weighted by atomic mass is 9.65. The average Bonchev–Trinajstić information content (AvgIpc) is 2.42. The molecular weight excluding hydrogens is 255 g/mol. The van der Waals surface area contributed by atoms with Crippen LogP contribution in [0.1, 0.15) is 23.2 Å². The molecule has 3 nitrogen and oxygen atoms in total. The van der Waals surface area contributed by atoms with Crippen LogP contribution < -0.4 is 5.32 Å². The molecule has 4 heteroatoms. The monoisotopic (exact) mass is 274 g/mol. The molecule has 1 aromatic rings. The predicted molar refractivity (Wildman–Crippen MR) is 73.8 cm³/mol. The summed E-state index contributed by atoms with van der Waals surface area (Å²) in [4.78, 5) is 14.9. The van der Waals surface area contributed by atoms with E-state index in [9.17, 15) is 9.18 Å². The molecule has 3 saturated heterocycles. The van der Waals surface area contributed by atoms with E-state index in [0.29, 0.717) is 23.4 Å². The van der Waals surface area contributed by atoms with E-state index in [2.05, 4.69) is 10.2 Å². The molecule has 1 N–H and O–H groups in total. The summed E-state index contributed by atoms with van der Waals surface area (Å²) in [5.41, 5.74) is 0.556. The summed E-state index contributed by atoms with van der Waals surface area (Å²) in [6, 6.07) is 6.11. The van der Waals surface area contributed by atoms with E-state index in [4.69, 9.17) is 0 Å². The molecule has 1 aliphatic carbocycles. The Morgan fingerprint density at radius 3 is 2.35 bits per heavy atom. The number of nitrogens with zero attached hydrogens (tertiary/aromatic N) is 1. The van der Waals surface area contributed by atoms with Crippen LogP contribution in [0.25, 0.3) is 0 Å². The standard InChI is InChI=1S/C16H19FN2O/c17-14-3-1-11(2-4-14)16(20)18-15-12-5-10-6-13(15)9-19(7-10)8-12/h1-4,10,12-13,15H,5-9H2,(H,18,20). The second-order valence-corrected chi connectivity index (χ2v) is 6.58. The quantitative estimate of drug-likeness (QED) is 0.893. The van der Waals surface area contributed by atoms with Gasteiger partial charge in [0.2, 0.25) is 0 Å². The van der Waals surface area contributed by atoms with Gasteiger partial charge in [0.15, 0.2) is 0 Å². The van der Waals surface area contributed by atoms with Gasteiger partial charge in [0.1, 0.15) is 5.82 Å². The van der Waals surface area contributed by atoms with Crippen molar-refractivity contribution in [1.82, 2.24) is 10.2 Å². The third kappa shape index (κ3) is 2.03. The number of carbonyl (C=O) groups excluding carboxylic acids is 1. The van der Waals surface area contributed by atoms with Crippen LogP contribution >= 0.6 is 0 Å². The van der Waals surface area contributed by atoms with Crippen LogP contribution in [-0.4, -0.2) is 36.5 Å². The van der Waals surface area contributed by atoms with Gasteiger partial charge in [-0.05, 0) is 54.9 Å².